The molecule has 0 aliphatic heterocycles. The Morgan fingerprint density at radius 1 is 1.10 bits per heavy atom. The second-order valence-corrected chi connectivity index (χ2v) is 7.46. The first-order chi connectivity index (χ1) is 13.8. The maximum absolute atomic E-state index is 12.9. The topological polar surface area (TPSA) is 58.6 Å². The first-order valence-corrected chi connectivity index (χ1v) is 10.3. The lowest BCUT2D eigenvalue weighted by atomic mass is 10.1. The Morgan fingerprint density at radius 2 is 1.79 bits per heavy atom. The number of likely N-dealkylation sites (N-methyl/N-ethyl adjacent to an activating group) is 1. The molecule has 0 aliphatic carbocycles. The lowest BCUT2D eigenvalue weighted by molar-refractivity contribution is -0.142. The molecule has 1 atom stereocenters. The normalized spacial score (nSPS) is 11.6. The van der Waals surface area contributed by atoms with E-state index >= 15 is 0 Å². The van der Waals surface area contributed by atoms with Gasteiger partial charge in [-0.3, -0.25) is 9.59 Å². The Morgan fingerprint density at radius 3 is 2.38 bits per heavy atom. The third-order valence-electron chi connectivity index (χ3n) is 4.57. The van der Waals surface area contributed by atoms with E-state index in [2.05, 4.69) is 12.2 Å². The minimum absolute atomic E-state index is 0.172. The zero-order chi connectivity index (χ0) is 21.4. The Labute approximate surface area is 181 Å². The number of hydrogen-bond donors (Lipinski definition) is 1. The summed E-state index contributed by atoms with van der Waals surface area (Å²) in [6, 6.07) is 12.0. The maximum atomic E-state index is 12.9. The molecule has 0 radical (unpaired) electrons. The highest BCUT2D eigenvalue weighted by molar-refractivity contribution is 6.35. The Bertz CT molecular complexity index is 840. The van der Waals surface area contributed by atoms with E-state index in [1.807, 2.05) is 31.2 Å². The molecule has 2 amide bonds. The fourth-order valence-electron chi connectivity index (χ4n) is 2.79. The van der Waals surface area contributed by atoms with E-state index in [4.69, 9.17) is 27.9 Å². The van der Waals surface area contributed by atoms with E-state index < -0.39 is 6.04 Å². The summed E-state index contributed by atoms with van der Waals surface area (Å²) >= 11 is 12.2. The predicted molar refractivity (Wildman–Crippen MR) is 116 cm³/mol. The first kappa shape index (κ1) is 23.0. The van der Waals surface area contributed by atoms with Gasteiger partial charge in [0.1, 0.15) is 11.8 Å². The van der Waals surface area contributed by atoms with Crippen LogP contribution in [0.5, 0.6) is 5.75 Å². The second-order valence-electron chi connectivity index (χ2n) is 6.61. The van der Waals surface area contributed by atoms with Gasteiger partial charge in [-0.2, -0.15) is 0 Å². The van der Waals surface area contributed by atoms with Crippen LogP contribution in [0.15, 0.2) is 42.5 Å². The molecule has 5 nitrogen and oxygen atoms in total. The quantitative estimate of drug-likeness (QED) is 0.629. The van der Waals surface area contributed by atoms with Crippen LogP contribution >= 0.6 is 23.2 Å². The molecule has 2 aromatic carbocycles. The van der Waals surface area contributed by atoms with Gasteiger partial charge in [0.15, 0.2) is 6.61 Å². The molecule has 7 heteroatoms. The summed E-state index contributed by atoms with van der Waals surface area (Å²) in [7, 11) is 0. The number of ether oxygens (including phenoxy) is 1. The van der Waals surface area contributed by atoms with Gasteiger partial charge in [-0.25, -0.2) is 0 Å². The Kier molecular flexibility index (Phi) is 8.80. The van der Waals surface area contributed by atoms with Crippen molar-refractivity contribution in [3.63, 3.8) is 0 Å². The number of carbonyl (C=O) groups excluding carboxylic acids is 2. The molecule has 0 bridgehead atoms. The number of rotatable bonds is 9. The van der Waals surface area contributed by atoms with Crippen LogP contribution in [0.2, 0.25) is 10.0 Å². The highest BCUT2D eigenvalue weighted by atomic mass is 35.5. The van der Waals surface area contributed by atoms with E-state index in [1.165, 1.54) is 10.5 Å². The first-order valence-electron chi connectivity index (χ1n) is 9.58. The number of hydrogen-bond acceptors (Lipinski definition) is 3. The molecule has 2 aromatic rings. The van der Waals surface area contributed by atoms with Crippen LogP contribution in [0.3, 0.4) is 0 Å². The van der Waals surface area contributed by atoms with Crippen molar-refractivity contribution in [2.75, 3.05) is 13.2 Å². The van der Waals surface area contributed by atoms with Crippen LogP contribution in [-0.2, 0) is 22.6 Å². The Hall–Kier alpha value is -2.24. The standard InChI is InChI=1S/C22H26Cl2N2O3/c1-4-16-6-10-19(11-7-16)29-14-21(27)26(15(3)22(28)25-5-2)13-17-8-9-18(23)12-20(17)24/h6-12,15H,4-5,13-14H2,1-3H3,(H,25,28)/t15-/m0/s1. The third kappa shape index (κ3) is 6.65. The number of halogens is 2. The molecule has 0 aromatic heterocycles. The highest BCUT2D eigenvalue weighted by Gasteiger charge is 2.26. The van der Waals surface area contributed by atoms with Gasteiger partial charge in [0.25, 0.3) is 5.91 Å². The highest BCUT2D eigenvalue weighted by Crippen LogP contribution is 2.23. The summed E-state index contributed by atoms with van der Waals surface area (Å²) in [6.45, 7) is 6.06. The SMILES string of the molecule is CCNC(=O)[C@H](C)N(Cc1ccc(Cl)cc1Cl)C(=O)COc1ccc(CC)cc1. The van der Waals surface area contributed by atoms with Gasteiger partial charge in [-0.15, -0.1) is 0 Å². The van der Waals surface area contributed by atoms with Crippen molar-refractivity contribution in [1.82, 2.24) is 10.2 Å². The van der Waals surface area contributed by atoms with Crippen LogP contribution in [-0.4, -0.2) is 35.9 Å². The average Bonchev–Trinajstić information content (AvgIpc) is 2.71. The monoisotopic (exact) mass is 436 g/mol. The molecular weight excluding hydrogens is 411 g/mol. The van der Waals surface area contributed by atoms with Gasteiger partial charge < -0.3 is 15.0 Å². The lowest BCUT2D eigenvalue weighted by Crippen LogP contribution is -2.49. The second kappa shape index (κ2) is 11.1. The van der Waals surface area contributed by atoms with Gasteiger partial charge in [0, 0.05) is 23.1 Å². The van der Waals surface area contributed by atoms with E-state index in [0.717, 1.165) is 6.42 Å². The molecule has 0 spiro atoms. The molecule has 2 rings (SSSR count). The van der Waals surface area contributed by atoms with Crippen molar-refractivity contribution in [3.8, 4) is 5.75 Å². The molecule has 0 fully saturated rings. The van der Waals surface area contributed by atoms with Crippen LogP contribution in [0.4, 0.5) is 0 Å². The van der Waals surface area contributed by atoms with E-state index in [9.17, 15) is 9.59 Å². The van der Waals surface area contributed by atoms with Crippen LogP contribution in [0, 0.1) is 0 Å². The van der Waals surface area contributed by atoms with Gasteiger partial charge in [-0.1, -0.05) is 48.3 Å². The van der Waals surface area contributed by atoms with E-state index in [0.29, 0.717) is 27.9 Å². The van der Waals surface area contributed by atoms with Gasteiger partial charge in [0.05, 0.1) is 0 Å². The fourth-order valence-corrected chi connectivity index (χ4v) is 3.26. The fraction of sp³-hybridized carbons (Fsp3) is 0.364. The molecule has 0 saturated heterocycles. The molecule has 1 N–H and O–H groups in total. The van der Waals surface area contributed by atoms with Crippen LogP contribution < -0.4 is 10.1 Å². The van der Waals surface area contributed by atoms with Gasteiger partial charge >= 0.3 is 0 Å². The summed E-state index contributed by atoms with van der Waals surface area (Å²) in [5, 5.41) is 3.69. The van der Waals surface area contributed by atoms with Crippen LogP contribution in [0.1, 0.15) is 31.9 Å². The summed E-state index contributed by atoms with van der Waals surface area (Å²) in [5.74, 6) is 0.0539. The molecule has 0 heterocycles. The predicted octanol–water partition coefficient (Wildman–Crippen LogP) is 4.49. The molecule has 29 heavy (non-hydrogen) atoms. The zero-order valence-corrected chi connectivity index (χ0v) is 18.4. The number of carbonyl (C=O) groups is 2. The number of benzene rings is 2. The summed E-state index contributed by atoms with van der Waals surface area (Å²) in [4.78, 5) is 26.7. The average molecular weight is 437 g/mol. The molecular formula is C22H26Cl2N2O3. The van der Waals surface area contributed by atoms with Crippen molar-refractivity contribution in [2.24, 2.45) is 0 Å². The van der Waals surface area contributed by atoms with Crippen molar-refractivity contribution in [2.45, 2.75) is 39.8 Å². The maximum Gasteiger partial charge on any atom is 0.261 e. The number of amides is 2. The van der Waals surface area contributed by atoms with E-state index in [1.54, 1.807) is 25.1 Å². The molecule has 0 unspecified atom stereocenters. The number of nitrogens with zero attached hydrogens (tertiary/aromatic N) is 1. The smallest absolute Gasteiger partial charge is 0.261 e. The van der Waals surface area contributed by atoms with Crippen molar-refractivity contribution in [1.29, 1.82) is 0 Å². The molecule has 0 saturated carbocycles. The van der Waals surface area contributed by atoms with Crippen LogP contribution in [0.25, 0.3) is 0 Å². The minimum atomic E-state index is -0.680. The Balaban J connectivity index is 2.15. The zero-order valence-electron chi connectivity index (χ0n) is 16.9. The third-order valence-corrected chi connectivity index (χ3v) is 5.15. The van der Waals surface area contributed by atoms with E-state index in [-0.39, 0.29) is 25.0 Å². The summed E-state index contributed by atoms with van der Waals surface area (Å²) in [6.07, 6.45) is 0.929. The number of nitrogens with one attached hydrogen (secondary N) is 1. The van der Waals surface area contributed by atoms with Crippen molar-refractivity contribution >= 4 is 35.0 Å². The lowest BCUT2D eigenvalue weighted by Gasteiger charge is -2.29. The van der Waals surface area contributed by atoms with Crippen molar-refractivity contribution < 1.29 is 14.3 Å². The van der Waals surface area contributed by atoms with Crippen molar-refractivity contribution in [3.05, 3.63) is 63.6 Å². The minimum Gasteiger partial charge on any atom is -0.484 e. The largest absolute Gasteiger partial charge is 0.484 e. The molecule has 0 aliphatic rings. The van der Waals surface area contributed by atoms with Gasteiger partial charge in [0.2, 0.25) is 5.91 Å². The molecule has 156 valence electrons. The summed E-state index contributed by atoms with van der Waals surface area (Å²) in [5.41, 5.74) is 1.89. The summed E-state index contributed by atoms with van der Waals surface area (Å²) < 4.78 is 5.65. The number of aryl methyl sites for hydroxylation is 1. The van der Waals surface area contributed by atoms with Gasteiger partial charge in [-0.05, 0) is 55.7 Å².